The molecular formula is C15H15N3O2. The van der Waals surface area contributed by atoms with Crippen molar-refractivity contribution in [3.05, 3.63) is 54.4 Å². The largest absolute Gasteiger partial charge is 0.479 e. The summed E-state index contributed by atoms with van der Waals surface area (Å²) >= 11 is 0. The Morgan fingerprint density at radius 2 is 2.05 bits per heavy atom. The molecule has 0 aliphatic carbocycles. The Morgan fingerprint density at radius 1 is 1.25 bits per heavy atom. The fourth-order valence-corrected chi connectivity index (χ4v) is 1.68. The number of aromatic nitrogens is 1. The molecule has 1 aromatic carbocycles. The average molecular weight is 269 g/mol. The van der Waals surface area contributed by atoms with Crippen LogP contribution in [0.25, 0.3) is 0 Å². The highest BCUT2D eigenvalue weighted by Crippen LogP contribution is 2.17. The molecule has 1 unspecified atom stereocenters. The van der Waals surface area contributed by atoms with Gasteiger partial charge in [0.05, 0.1) is 5.69 Å². The molecule has 0 spiro atoms. The van der Waals surface area contributed by atoms with Crippen molar-refractivity contribution in [2.45, 2.75) is 6.10 Å². The van der Waals surface area contributed by atoms with Crippen molar-refractivity contribution in [2.24, 2.45) is 0 Å². The molecule has 2 aromatic rings. The van der Waals surface area contributed by atoms with Crippen molar-refractivity contribution in [3.63, 3.8) is 0 Å². The van der Waals surface area contributed by atoms with E-state index in [1.165, 1.54) is 0 Å². The number of aliphatic hydroxyl groups excluding tert-OH is 1. The van der Waals surface area contributed by atoms with Crippen LogP contribution in [-0.4, -0.2) is 23.2 Å². The van der Waals surface area contributed by atoms with Gasteiger partial charge in [-0.2, -0.15) is 5.26 Å². The lowest BCUT2D eigenvalue weighted by molar-refractivity contribution is 0.187. The predicted octanol–water partition coefficient (Wildman–Crippen LogP) is 2.13. The minimum atomic E-state index is -0.661. The number of benzene rings is 1. The van der Waals surface area contributed by atoms with Gasteiger partial charge in [-0.25, -0.2) is 0 Å². The number of ether oxygens (including phenoxy) is 1. The van der Waals surface area contributed by atoms with Crippen LogP contribution in [0.4, 0.5) is 5.69 Å². The van der Waals surface area contributed by atoms with Crippen LogP contribution in [0.2, 0.25) is 0 Å². The van der Waals surface area contributed by atoms with Crippen LogP contribution < -0.4 is 10.1 Å². The van der Waals surface area contributed by atoms with Crippen LogP contribution in [0.1, 0.15) is 11.8 Å². The first-order valence-electron chi connectivity index (χ1n) is 6.22. The molecule has 1 aromatic heterocycles. The van der Waals surface area contributed by atoms with E-state index in [1.807, 2.05) is 30.3 Å². The van der Waals surface area contributed by atoms with E-state index in [0.29, 0.717) is 18.0 Å². The fraction of sp³-hybridized carbons (Fsp3) is 0.200. The van der Waals surface area contributed by atoms with Gasteiger partial charge in [-0.05, 0) is 36.4 Å². The van der Waals surface area contributed by atoms with E-state index in [1.54, 1.807) is 24.4 Å². The Bertz CT molecular complexity index is 564. The molecule has 5 nitrogen and oxygen atoms in total. The maximum absolute atomic E-state index is 9.97. The molecule has 5 heteroatoms. The maximum Gasteiger partial charge on any atom is 0.174 e. The zero-order chi connectivity index (χ0) is 14.2. The van der Waals surface area contributed by atoms with E-state index in [2.05, 4.69) is 10.3 Å². The molecular weight excluding hydrogens is 254 g/mol. The molecule has 0 fully saturated rings. The molecule has 102 valence electrons. The summed E-state index contributed by atoms with van der Waals surface area (Å²) in [7, 11) is 0. The van der Waals surface area contributed by atoms with Gasteiger partial charge >= 0.3 is 0 Å². The monoisotopic (exact) mass is 269 g/mol. The fourth-order valence-electron chi connectivity index (χ4n) is 1.68. The standard InChI is InChI=1S/C15H15N3O2/c16-8-10-20-13-6-4-12(5-7-13)18-11-15(19)14-3-1-2-9-17-14/h1-7,9,15,18-19H,10-11H2. The lowest BCUT2D eigenvalue weighted by Crippen LogP contribution is -2.13. The topological polar surface area (TPSA) is 78.2 Å². The van der Waals surface area contributed by atoms with Crippen LogP contribution >= 0.6 is 0 Å². The highest BCUT2D eigenvalue weighted by Gasteiger charge is 2.07. The first kappa shape index (κ1) is 13.8. The molecule has 1 atom stereocenters. The Kier molecular flexibility index (Phi) is 4.93. The lowest BCUT2D eigenvalue weighted by atomic mass is 10.2. The Labute approximate surface area is 117 Å². The molecule has 0 amide bonds. The highest BCUT2D eigenvalue weighted by molar-refractivity contribution is 5.46. The number of nitrogens with one attached hydrogen (secondary N) is 1. The summed E-state index contributed by atoms with van der Waals surface area (Å²) in [6.45, 7) is 0.403. The second-order valence-corrected chi connectivity index (χ2v) is 4.12. The summed E-state index contributed by atoms with van der Waals surface area (Å²) < 4.78 is 5.16. The maximum atomic E-state index is 9.97. The normalized spacial score (nSPS) is 11.4. The highest BCUT2D eigenvalue weighted by atomic mass is 16.5. The average Bonchev–Trinajstić information content (AvgIpc) is 2.52. The number of pyridine rings is 1. The number of hydrogen-bond acceptors (Lipinski definition) is 5. The van der Waals surface area contributed by atoms with Gasteiger partial charge < -0.3 is 15.2 Å². The van der Waals surface area contributed by atoms with Crippen LogP contribution in [0.15, 0.2) is 48.7 Å². The zero-order valence-corrected chi connectivity index (χ0v) is 10.9. The van der Waals surface area contributed by atoms with E-state index >= 15 is 0 Å². The van der Waals surface area contributed by atoms with Gasteiger partial charge in [0.1, 0.15) is 17.9 Å². The molecule has 20 heavy (non-hydrogen) atoms. The molecule has 2 rings (SSSR count). The van der Waals surface area contributed by atoms with Crippen molar-refractivity contribution < 1.29 is 9.84 Å². The Hall–Kier alpha value is -2.58. The van der Waals surface area contributed by atoms with E-state index in [-0.39, 0.29) is 6.61 Å². The summed E-state index contributed by atoms with van der Waals surface area (Å²) in [4.78, 5) is 4.10. The second kappa shape index (κ2) is 7.12. The van der Waals surface area contributed by atoms with Crippen LogP contribution in [-0.2, 0) is 0 Å². The third kappa shape index (κ3) is 3.97. The van der Waals surface area contributed by atoms with Crippen LogP contribution in [0.5, 0.6) is 5.75 Å². The third-order valence-corrected chi connectivity index (χ3v) is 2.69. The molecule has 1 heterocycles. The Balaban J connectivity index is 1.86. The van der Waals surface area contributed by atoms with Gasteiger partial charge in [-0.15, -0.1) is 0 Å². The van der Waals surface area contributed by atoms with E-state index in [4.69, 9.17) is 10.00 Å². The Morgan fingerprint density at radius 3 is 2.70 bits per heavy atom. The van der Waals surface area contributed by atoms with E-state index in [9.17, 15) is 5.11 Å². The number of rotatable bonds is 6. The molecule has 0 radical (unpaired) electrons. The number of nitriles is 1. The van der Waals surface area contributed by atoms with Gasteiger partial charge in [0.2, 0.25) is 0 Å². The first-order chi connectivity index (χ1) is 9.79. The van der Waals surface area contributed by atoms with Crippen molar-refractivity contribution >= 4 is 5.69 Å². The quantitative estimate of drug-likeness (QED) is 0.840. The molecule has 0 bridgehead atoms. The van der Waals surface area contributed by atoms with Crippen molar-refractivity contribution in [2.75, 3.05) is 18.5 Å². The smallest absolute Gasteiger partial charge is 0.174 e. The predicted molar refractivity (Wildman–Crippen MR) is 75.2 cm³/mol. The third-order valence-electron chi connectivity index (χ3n) is 2.69. The zero-order valence-electron chi connectivity index (χ0n) is 10.9. The summed E-state index contributed by atoms with van der Waals surface area (Å²) in [6.07, 6.45) is 0.991. The van der Waals surface area contributed by atoms with E-state index in [0.717, 1.165) is 5.69 Å². The van der Waals surface area contributed by atoms with Crippen LogP contribution in [0.3, 0.4) is 0 Å². The first-order valence-corrected chi connectivity index (χ1v) is 6.22. The van der Waals surface area contributed by atoms with Gasteiger partial charge in [-0.3, -0.25) is 4.98 Å². The van der Waals surface area contributed by atoms with E-state index < -0.39 is 6.10 Å². The minimum Gasteiger partial charge on any atom is -0.479 e. The van der Waals surface area contributed by atoms with Gasteiger partial charge in [0, 0.05) is 18.4 Å². The lowest BCUT2D eigenvalue weighted by Gasteiger charge is -2.12. The van der Waals surface area contributed by atoms with Gasteiger partial charge in [0.15, 0.2) is 6.61 Å². The summed E-state index contributed by atoms with van der Waals surface area (Å²) in [5.74, 6) is 0.641. The number of hydrogen-bond donors (Lipinski definition) is 2. The molecule has 0 aliphatic heterocycles. The molecule has 0 saturated heterocycles. The number of nitrogens with zero attached hydrogens (tertiary/aromatic N) is 2. The second-order valence-electron chi connectivity index (χ2n) is 4.12. The van der Waals surface area contributed by atoms with Gasteiger partial charge in [-0.1, -0.05) is 6.07 Å². The molecule has 0 saturated carbocycles. The van der Waals surface area contributed by atoms with Crippen LogP contribution in [0, 0.1) is 11.3 Å². The summed E-state index contributed by atoms with van der Waals surface area (Å²) in [6, 6.07) is 14.5. The number of aliphatic hydroxyl groups is 1. The molecule has 0 aliphatic rings. The SMILES string of the molecule is N#CCOc1ccc(NCC(O)c2ccccn2)cc1. The summed E-state index contributed by atoms with van der Waals surface area (Å²) in [5, 5.41) is 21.5. The van der Waals surface area contributed by atoms with Crippen molar-refractivity contribution in [3.8, 4) is 11.8 Å². The van der Waals surface area contributed by atoms with Crippen molar-refractivity contribution in [1.29, 1.82) is 5.26 Å². The number of anilines is 1. The minimum absolute atomic E-state index is 0.0329. The van der Waals surface area contributed by atoms with Crippen molar-refractivity contribution in [1.82, 2.24) is 4.98 Å². The molecule has 2 N–H and O–H groups in total. The van der Waals surface area contributed by atoms with Gasteiger partial charge in [0.25, 0.3) is 0 Å². The summed E-state index contributed by atoms with van der Waals surface area (Å²) in [5.41, 5.74) is 1.50.